The summed E-state index contributed by atoms with van der Waals surface area (Å²) in [6.45, 7) is 0. The summed E-state index contributed by atoms with van der Waals surface area (Å²) in [6.07, 6.45) is 1.93. The number of aromatic nitrogens is 6. The zero-order valence-electron chi connectivity index (χ0n) is 12.6. The van der Waals surface area contributed by atoms with Crippen LogP contribution in [0.15, 0.2) is 24.3 Å². The molecule has 9 heteroatoms. The first-order valence-electron chi connectivity index (χ1n) is 7.57. The van der Waals surface area contributed by atoms with Gasteiger partial charge in [0.1, 0.15) is 5.82 Å². The molecule has 2 heterocycles. The highest BCUT2D eigenvalue weighted by molar-refractivity contribution is 5.91. The Morgan fingerprint density at radius 1 is 1.21 bits per heavy atom. The van der Waals surface area contributed by atoms with Gasteiger partial charge in [0.05, 0.1) is 17.0 Å². The normalized spacial score (nSPS) is 16.6. The van der Waals surface area contributed by atoms with Gasteiger partial charge in [0.15, 0.2) is 5.82 Å². The molecule has 1 amide bonds. The van der Waals surface area contributed by atoms with E-state index in [1.165, 1.54) is 6.07 Å². The molecule has 1 aliphatic carbocycles. The van der Waals surface area contributed by atoms with Crippen molar-refractivity contribution in [1.29, 1.82) is 0 Å². The molecule has 122 valence electrons. The van der Waals surface area contributed by atoms with Crippen molar-refractivity contribution in [3.63, 3.8) is 0 Å². The summed E-state index contributed by atoms with van der Waals surface area (Å²) in [5, 5.41) is 19.9. The zero-order valence-corrected chi connectivity index (χ0v) is 12.6. The number of H-pyrrole nitrogens is 2. The SMILES string of the molecule is O=C(Nc1n[nH]c(-c2ccccc2F)n1)[C@@H]1CCc2n[nH]nc2C1. The van der Waals surface area contributed by atoms with E-state index < -0.39 is 5.82 Å². The van der Waals surface area contributed by atoms with Gasteiger partial charge < -0.3 is 0 Å². The van der Waals surface area contributed by atoms with Gasteiger partial charge in [-0.3, -0.25) is 15.2 Å². The number of carbonyl (C=O) groups is 1. The van der Waals surface area contributed by atoms with E-state index in [1.54, 1.807) is 18.2 Å². The minimum atomic E-state index is -0.405. The fourth-order valence-corrected chi connectivity index (χ4v) is 2.81. The van der Waals surface area contributed by atoms with E-state index in [4.69, 9.17) is 0 Å². The van der Waals surface area contributed by atoms with Gasteiger partial charge in [0.25, 0.3) is 0 Å². The summed E-state index contributed by atoms with van der Waals surface area (Å²) in [6, 6.07) is 6.23. The number of rotatable bonds is 3. The Morgan fingerprint density at radius 3 is 2.92 bits per heavy atom. The molecule has 24 heavy (non-hydrogen) atoms. The third kappa shape index (κ3) is 2.64. The van der Waals surface area contributed by atoms with Gasteiger partial charge in [-0.05, 0) is 25.0 Å². The molecule has 4 rings (SSSR count). The standard InChI is InChI=1S/C15H14FN7O/c16-10-4-2-1-3-9(10)13-17-15(22-21-13)18-14(24)8-5-6-11-12(7-8)20-23-19-11/h1-4,8H,5-7H2,(H,19,20,23)(H2,17,18,21,22,24)/t8-/m1/s1. The molecular weight excluding hydrogens is 313 g/mol. The monoisotopic (exact) mass is 327 g/mol. The average Bonchev–Trinajstić information content (AvgIpc) is 3.23. The van der Waals surface area contributed by atoms with Gasteiger partial charge in [-0.25, -0.2) is 4.39 Å². The maximum absolute atomic E-state index is 13.8. The molecular formula is C15H14FN7O. The number of benzene rings is 1. The molecule has 0 saturated heterocycles. The molecule has 0 unspecified atom stereocenters. The Kier molecular flexibility index (Phi) is 3.52. The van der Waals surface area contributed by atoms with E-state index in [9.17, 15) is 9.18 Å². The number of aryl methyl sites for hydroxylation is 1. The van der Waals surface area contributed by atoms with Crippen molar-refractivity contribution >= 4 is 11.9 Å². The summed E-state index contributed by atoms with van der Waals surface area (Å²) in [5.74, 6) is -0.395. The van der Waals surface area contributed by atoms with Gasteiger partial charge in [-0.1, -0.05) is 12.1 Å². The number of nitrogens with zero attached hydrogens (tertiary/aromatic N) is 4. The lowest BCUT2D eigenvalue weighted by atomic mass is 9.89. The first-order chi connectivity index (χ1) is 11.7. The van der Waals surface area contributed by atoms with Crippen LogP contribution in [-0.4, -0.2) is 36.5 Å². The summed E-state index contributed by atoms with van der Waals surface area (Å²) in [4.78, 5) is 16.5. The minimum absolute atomic E-state index is 0.129. The van der Waals surface area contributed by atoms with E-state index in [-0.39, 0.29) is 23.6 Å². The van der Waals surface area contributed by atoms with Gasteiger partial charge >= 0.3 is 0 Å². The second-order valence-electron chi connectivity index (χ2n) is 5.63. The van der Waals surface area contributed by atoms with E-state index in [1.807, 2.05) is 0 Å². The number of carbonyl (C=O) groups excluding carboxylic acids is 1. The first-order valence-corrected chi connectivity index (χ1v) is 7.57. The van der Waals surface area contributed by atoms with E-state index in [0.717, 1.165) is 11.4 Å². The Bertz CT molecular complexity index is 887. The Balaban J connectivity index is 1.47. The average molecular weight is 327 g/mol. The van der Waals surface area contributed by atoms with Crippen LogP contribution in [0.1, 0.15) is 17.8 Å². The maximum Gasteiger partial charge on any atom is 0.249 e. The highest BCUT2D eigenvalue weighted by Gasteiger charge is 2.28. The third-order valence-corrected chi connectivity index (χ3v) is 4.09. The molecule has 0 aliphatic heterocycles. The topological polar surface area (TPSA) is 112 Å². The lowest BCUT2D eigenvalue weighted by molar-refractivity contribution is -0.120. The van der Waals surface area contributed by atoms with E-state index in [0.29, 0.717) is 24.8 Å². The molecule has 8 nitrogen and oxygen atoms in total. The molecule has 0 radical (unpaired) electrons. The van der Waals surface area contributed by atoms with Gasteiger partial charge in [-0.2, -0.15) is 20.4 Å². The largest absolute Gasteiger partial charge is 0.293 e. The van der Waals surface area contributed by atoms with Crippen LogP contribution >= 0.6 is 0 Å². The Hall–Kier alpha value is -3.10. The highest BCUT2D eigenvalue weighted by atomic mass is 19.1. The Morgan fingerprint density at radius 2 is 2.04 bits per heavy atom. The van der Waals surface area contributed by atoms with Crippen molar-refractivity contribution in [2.24, 2.45) is 5.92 Å². The summed E-state index contributed by atoms with van der Waals surface area (Å²) < 4.78 is 13.8. The van der Waals surface area contributed by atoms with Crippen LogP contribution in [0.2, 0.25) is 0 Å². The Labute approximate surface area is 135 Å². The van der Waals surface area contributed by atoms with Gasteiger partial charge in [-0.15, -0.1) is 5.10 Å². The van der Waals surface area contributed by atoms with Crippen LogP contribution < -0.4 is 5.32 Å². The van der Waals surface area contributed by atoms with Crippen molar-refractivity contribution in [3.8, 4) is 11.4 Å². The van der Waals surface area contributed by atoms with Crippen molar-refractivity contribution in [2.45, 2.75) is 19.3 Å². The molecule has 3 N–H and O–H groups in total. The lowest BCUT2D eigenvalue weighted by Gasteiger charge is -2.18. The molecule has 0 saturated carbocycles. The molecule has 0 bridgehead atoms. The predicted molar refractivity (Wildman–Crippen MR) is 82.3 cm³/mol. The third-order valence-electron chi connectivity index (χ3n) is 4.09. The van der Waals surface area contributed by atoms with Crippen LogP contribution in [-0.2, 0) is 17.6 Å². The predicted octanol–water partition coefficient (Wildman–Crippen LogP) is 1.47. The zero-order chi connectivity index (χ0) is 16.5. The van der Waals surface area contributed by atoms with Crippen LogP contribution in [0.3, 0.4) is 0 Å². The molecule has 3 aromatic rings. The minimum Gasteiger partial charge on any atom is -0.293 e. The summed E-state index contributed by atoms with van der Waals surface area (Å²) in [7, 11) is 0. The fourth-order valence-electron chi connectivity index (χ4n) is 2.81. The second-order valence-corrected chi connectivity index (χ2v) is 5.63. The number of halogens is 1. The van der Waals surface area contributed by atoms with Crippen molar-refractivity contribution < 1.29 is 9.18 Å². The number of nitrogens with one attached hydrogen (secondary N) is 3. The lowest BCUT2D eigenvalue weighted by Crippen LogP contribution is -2.28. The number of fused-ring (bicyclic) bond motifs is 1. The molecule has 1 atom stereocenters. The summed E-state index contributed by atoms with van der Waals surface area (Å²) >= 11 is 0. The first kappa shape index (κ1) is 14.5. The van der Waals surface area contributed by atoms with Crippen LogP contribution in [0, 0.1) is 11.7 Å². The smallest absolute Gasteiger partial charge is 0.249 e. The fraction of sp³-hybridized carbons (Fsp3) is 0.267. The van der Waals surface area contributed by atoms with Crippen LogP contribution in [0.5, 0.6) is 0 Å². The number of amides is 1. The molecule has 0 fully saturated rings. The van der Waals surface area contributed by atoms with E-state index >= 15 is 0 Å². The van der Waals surface area contributed by atoms with Crippen molar-refractivity contribution in [2.75, 3.05) is 5.32 Å². The maximum atomic E-state index is 13.8. The number of anilines is 1. The molecule has 1 aliphatic rings. The summed E-state index contributed by atoms with van der Waals surface area (Å²) in [5.41, 5.74) is 2.04. The molecule has 2 aromatic heterocycles. The molecule has 1 aromatic carbocycles. The highest BCUT2D eigenvalue weighted by Crippen LogP contribution is 2.24. The van der Waals surface area contributed by atoms with Crippen LogP contribution in [0.4, 0.5) is 10.3 Å². The number of hydrogen-bond donors (Lipinski definition) is 3. The second kappa shape index (κ2) is 5.84. The van der Waals surface area contributed by atoms with E-state index in [2.05, 4.69) is 35.9 Å². The quantitative estimate of drug-likeness (QED) is 0.674. The van der Waals surface area contributed by atoms with Crippen molar-refractivity contribution in [3.05, 3.63) is 41.5 Å². The number of aromatic amines is 2. The number of hydrogen-bond acceptors (Lipinski definition) is 5. The van der Waals surface area contributed by atoms with Crippen molar-refractivity contribution in [1.82, 2.24) is 30.6 Å². The molecule has 0 spiro atoms. The van der Waals surface area contributed by atoms with Gasteiger partial charge in [0.2, 0.25) is 11.9 Å². The van der Waals surface area contributed by atoms with Gasteiger partial charge in [0, 0.05) is 12.3 Å². The van der Waals surface area contributed by atoms with Crippen LogP contribution in [0.25, 0.3) is 11.4 Å².